The van der Waals surface area contributed by atoms with Crippen LogP contribution in [-0.2, 0) is 0 Å². The Morgan fingerprint density at radius 2 is 1.71 bits per heavy atom. The highest BCUT2D eigenvalue weighted by Crippen LogP contribution is 2.35. The Kier molecular flexibility index (Phi) is 3.62. The maximum absolute atomic E-state index is 13.3. The number of carbonyl (C=O) groups is 1. The van der Waals surface area contributed by atoms with Gasteiger partial charge in [0.1, 0.15) is 5.82 Å². The molecule has 0 bridgehead atoms. The Bertz CT molecular complexity index is 830. The maximum Gasteiger partial charge on any atom is 0.336 e. The van der Waals surface area contributed by atoms with Crippen LogP contribution in [0.25, 0.3) is 10.8 Å². The Morgan fingerprint density at radius 3 is 2.43 bits per heavy atom. The lowest BCUT2D eigenvalue weighted by atomic mass is 10.0. The van der Waals surface area contributed by atoms with Crippen molar-refractivity contribution in [2.24, 2.45) is 0 Å². The molecule has 1 N–H and O–H groups in total. The number of carboxylic acids is 1. The summed E-state index contributed by atoms with van der Waals surface area (Å²) in [7, 11) is 0. The summed E-state index contributed by atoms with van der Waals surface area (Å²) in [5.41, 5.74) is 0.272. The topological polar surface area (TPSA) is 37.3 Å². The molecule has 0 aliphatic heterocycles. The molecule has 0 heterocycles. The van der Waals surface area contributed by atoms with E-state index in [-0.39, 0.29) is 11.4 Å². The van der Waals surface area contributed by atoms with Crippen LogP contribution in [0.4, 0.5) is 4.39 Å². The van der Waals surface area contributed by atoms with Crippen molar-refractivity contribution in [2.75, 3.05) is 0 Å². The largest absolute Gasteiger partial charge is 0.478 e. The van der Waals surface area contributed by atoms with Crippen LogP contribution in [-0.4, -0.2) is 11.1 Å². The first kappa shape index (κ1) is 13.6. The van der Waals surface area contributed by atoms with Crippen molar-refractivity contribution in [1.82, 2.24) is 0 Å². The van der Waals surface area contributed by atoms with Gasteiger partial charge in [-0.3, -0.25) is 0 Å². The normalized spacial score (nSPS) is 10.7. The molecule has 104 valence electrons. The van der Waals surface area contributed by atoms with Gasteiger partial charge in [0, 0.05) is 9.79 Å². The molecule has 0 radical (unpaired) electrons. The molecule has 0 aromatic heterocycles. The van der Waals surface area contributed by atoms with Gasteiger partial charge in [-0.1, -0.05) is 42.1 Å². The summed E-state index contributed by atoms with van der Waals surface area (Å²) in [6.07, 6.45) is 0. The van der Waals surface area contributed by atoms with Crippen molar-refractivity contribution in [2.45, 2.75) is 9.79 Å². The Hall–Kier alpha value is -2.33. The zero-order valence-electron chi connectivity index (χ0n) is 10.9. The molecular formula is C17H11FO2S. The van der Waals surface area contributed by atoms with E-state index in [9.17, 15) is 14.3 Å². The van der Waals surface area contributed by atoms with E-state index in [1.54, 1.807) is 24.3 Å². The van der Waals surface area contributed by atoms with E-state index >= 15 is 0 Å². The average Bonchev–Trinajstić information content (AvgIpc) is 2.47. The van der Waals surface area contributed by atoms with Crippen LogP contribution in [0.3, 0.4) is 0 Å². The number of aromatic carboxylic acids is 1. The number of hydrogen-bond acceptors (Lipinski definition) is 2. The number of benzene rings is 3. The number of carboxylic acid groups (broad SMARTS) is 1. The summed E-state index contributed by atoms with van der Waals surface area (Å²) in [5, 5.41) is 10.8. The number of halogens is 1. The molecule has 0 spiro atoms. The summed E-state index contributed by atoms with van der Waals surface area (Å²) in [5.74, 6) is -1.24. The molecule has 3 aromatic carbocycles. The summed E-state index contributed by atoms with van der Waals surface area (Å²) >= 11 is 1.42. The van der Waals surface area contributed by atoms with Gasteiger partial charge >= 0.3 is 5.97 Å². The van der Waals surface area contributed by atoms with Crippen molar-refractivity contribution in [3.8, 4) is 0 Å². The first-order chi connectivity index (χ1) is 10.1. The standard InChI is InChI=1S/C17H11FO2S/c18-11-4-3-5-12(10-11)21-16-9-8-15(17(19)20)13-6-1-2-7-14(13)16/h1-10H,(H,19,20). The monoisotopic (exact) mass is 298 g/mol. The van der Waals surface area contributed by atoms with Crippen LogP contribution >= 0.6 is 11.8 Å². The first-order valence-electron chi connectivity index (χ1n) is 6.33. The molecule has 0 saturated carbocycles. The quantitative estimate of drug-likeness (QED) is 0.752. The fraction of sp³-hybridized carbons (Fsp3) is 0. The zero-order valence-corrected chi connectivity index (χ0v) is 11.7. The maximum atomic E-state index is 13.3. The van der Waals surface area contributed by atoms with Gasteiger partial charge in [-0.25, -0.2) is 9.18 Å². The third-order valence-corrected chi connectivity index (χ3v) is 4.20. The van der Waals surface area contributed by atoms with Crippen molar-refractivity contribution < 1.29 is 14.3 Å². The second kappa shape index (κ2) is 5.58. The smallest absolute Gasteiger partial charge is 0.336 e. The number of hydrogen-bond donors (Lipinski definition) is 1. The minimum Gasteiger partial charge on any atom is -0.478 e. The molecule has 0 amide bonds. The predicted molar refractivity (Wildman–Crippen MR) is 81.4 cm³/mol. The van der Waals surface area contributed by atoms with Crippen molar-refractivity contribution in [1.29, 1.82) is 0 Å². The fourth-order valence-corrected chi connectivity index (χ4v) is 3.20. The number of fused-ring (bicyclic) bond motifs is 1. The fourth-order valence-electron chi connectivity index (χ4n) is 2.20. The van der Waals surface area contributed by atoms with Crippen LogP contribution in [0.15, 0.2) is 70.5 Å². The molecule has 0 fully saturated rings. The van der Waals surface area contributed by atoms with Crippen molar-refractivity contribution >= 4 is 28.5 Å². The van der Waals surface area contributed by atoms with Crippen LogP contribution in [0.2, 0.25) is 0 Å². The van der Waals surface area contributed by atoms with Gasteiger partial charge in [0.2, 0.25) is 0 Å². The lowest BCUT2D eigenvalue weighted by Crippen LogP contribution is -1.97. The molecule has 0 aliphatic carbocycles. The third kappa shape index (κ3) is 2.76. The first-order valence-corrected chi connectivity index (χ1v) is 7.15. The molecule has 3 aromatic rings. The molecule has 2 nitrogen and oxygen atoms in total. The summed E-state index contributed by atoms with van der Waals surface area (Å²) in [6, 6.07) is 17.0. The van der Waals surface area contributed by atoms with E-state index in [4.69, 9.17) is 0 Å². The van der Waals surface area contributed by atoms with E-state index < -0.39 is 5.97 Å². The van der Waals surface area contributed by atoms with Gasteiger partial charge in [0.05, 0.1) is 5.56 Å². The SMILES string of the molecule is O=C(O)c1ccc(Sc2cccc(F)c2)c2ccccc12. The lowest BCUT2D eigenvalue weighted by molar-refractivity contribution is 0.0699. The molecule has 0 unspecified atom stereocenters. The minimum atomic E-state index is -0.950. The highest BCUT2D eigenvalue weighted by molar-refractivity contribution is 7.99. The molecule has 4 heteroatoms. The van der Waals surface area contributed by atoms with Crippen LogP contribution in [0.1, 0.15) is 10.4 Å². The third-order valence-electron chi connectivity index (χ3n) is 3.14. The summed E-state index contributed by atoms with van der Waals surface area (Å²) in [4.78, 5) is 13.0. The minimum absolute atomic E-state index is 0.272. The van der Waals surface area contributed by atoms with E-state index in [0.717, 1.165) is 15.2 Å². The summed E-state index contributed by atoms with van der Waals surface area (Å²) < 4.78 is 13.3. The second-order valence-electron chi connectivity index (χ2n) is 4.52. The van der Waals surface area contributed by atoms with E-state index in [2.05, 4.69) is 0 Å². The molecule has 0 saturated heterocycles. The van der Waals surface area contributed by atoms with Gasteiger partial charge in [0.15, 0.2) is 0 Å². The Balaban J connectivity index is 2.12. The molecule has 0 aliphatic rings. The van der Waals surface area contributed by atoms with Gasteiger partial charge in [-0.2, -0.15) is 0 Å². The van der Waals surface area contributed by atoms with Gasteiger partial charge in [0.25, 0.3) is 0 Å². The predicted octanol–water partition coefficient (Wildman–Crippen LogP) is 4.83. The lowest BCUT2D eigenvalue weighted by Gasteiger charge is -2.09. The molecule has 0 atom stereocenters. The van der Waals surface area contributed by atoms with Gasteiger partial charge in [-0.05, 0) is 41.1 Å². The summed E-state index contributed by atoms with van der Waals surface area (Å²) in [6.45, 7) is 0. The Morgan fingerprint density at radius 1 is 0.952 bits per heavy atom. The van der Waals surface area contributed by atoms with Crippen molar-refractivity contribution in [3.05, 3.63) is 72.0 Å². The molecule has 3 rings (SSSR count). The van der Waals surface area contributed by atoms with E-state index in [1.807, 2.05) is 24.3 Å². The number of rotatable bonds is 3. The van der Waals surface area contributed by atoms with E-state index in [0.29, 0.717) is 5.39 Å². The van der Waals surface area contributed by atoms with Crippen LogP contribution < -0.4 is 0 Å². The zero-order chi connectivity index (χ0) is 14.8. The highest BCUT2D eigenvalue weighted by Gasteiger charge is 2.11. The van der Waals surface area contributed by atoms with Crippen LogP contribution in [0.5, 0.6) is 0 Å². The molecule has 21 heavy (non-hydrogen) atoms. The Labute approximate surface area is 125 Å². The van der Waals surface area contributed by atoms with Gasteiger partial charge < -0.3 is 5.11 Å². The van der Waals surface area contributed by atoms with Gasteiger partial charge in [-0.15, -0.1) is 0 Å². The molecular weight excluding hydrogens is 287 g/mol. The van der Waals surface area contributed by atoms with E-state index in [1.165, 1.54) is 23.9 Å². The highest BCUT2D eigenvalue weighted by atomic mass is 32.2. The van der Waals surface area contributed by atoms with Crippen molar-refractivity contribution in [3.63, 3.8) is 0 Å². The second-order valence-corrected chi connectivity index (χ2v) is 5.64. The average molecular weight is 298 g/mol. The van der Waals surface area contributed by atoms with Crippen LogP contribution in [0, 0.1) is 5.82 Å².